The van der Waals surface area contributed by atoms with E-state index in [9.17, 15) is 35.2 Å². The Morgan fingerprint density at radius 3 is 2.52 bits per heavy atom. The minimum Gasteiger partial charge on any atom is -0.347 e. The number of nitrogens with zero attached hydrogens (tertiary/aromatic N) is 1. The van der Waals surface area contributed by atoms with E-state index in [2.05, 4.69) is 4.98 Å². The molecule has 6 nitrogen and oxygen atoms in total. The van der Waals surface area contributed by atoms with Crippen LogP contribution in [0, 0.1) is 11.6 Å². The van der Waals surface area contributed by atoms with Gasteiger partial charge in [-0.05, 0) is 12.5 Å². The number of carbonyl (C=O) groups excluding carboxylic acids is 1. The molecule has 0 unspecified atom stereocenters. The van der Waals surface area contributed by atoms with Crippen molar-refractivity contribution in [3.8, 4) is 0 Å². The van der Waals surface area contributed by atoms with Gasteiger partial charge in [0.15, 0.2) is 0 Å². The summed E-state index contributed by atoms with van der Waals surface area (Å²) in [5.74, 6) is -3.92. The Balaban J connectivity index is 1.93. The number of carbonyl (C=O) groups is 1. The number of amides is 1. The van der Waals surface area contributed by atoms with Gasteiger partial charge in [0.25, 0.3) is 10.0 Å². The van der Waals surface area contributed by atoms with Crippen LogP contribution in [-0.2, 0) is 21.0 Å². The van der Waals surface area contributed by atoms with Crippen LogP contribution in [0.1, 0.15) is 19.8 Å². The Morgan fingerprint density at radius 1 is 1.22 bits per heavy atom. The van der Waals surface area contributed by atoms with Crippen LogP contribution in [0.2, 0.25) is 0 Å². The second-order valence-corrected chi connectivity index (χ2v) is 7.38. The molecular weight excluding hydrogens is 397 g/mol. The van der Waals surface area contributed by atoms with Crippen LogP contribution in [0.25, 0.3) is 0 Å². The summed E-state index contributed by atoms with van der Waals surface area (Å²) in [7, 11) is -4.53. The smallest absolute Gasteiger partial charge is 0.347 e. The van der Waals surface area contributed by atoms with Crippen molar-refractivity contribution in [2.75, 3.05) is 16.2 Å². The van der Waals surface area contributed by atoms with Crippen LogP contribution < -0.4 is 9.62 Å². The first kappa shape index (κ1) is 17.8. The highest BCUT2D eigenvalue weighted by molar-refractivity contribution is 7.92. The number of nitrogens with one attached hydrogen (secondary N) is 2. The van der Waals surface area contributed by atoms with Crippen LogP contribution in [0.4, 0.5) is 33.5 Å². The Hall–Kier alpha value is -2.63. The van der Waals surface area contributed by atoms with Crippen LogP contribution in [0.5, 0.6) is 0 Å². The van der Waals surface area contributed by atoms with Crippen molar-refractivity contribution < 1.29 is 36.5 Å². The summed E-state index contributed by atoms with van der Waals surface area (Å²) in [6.45, 7) is 0.368. The molecule has 0 aliphatic carbocycles. The third-order valence-corrected chi connectivity index (χ3v) is 5.17. The van der Waals surface area contributed by atoms with Gasteiger partial charge >= 0.3 is 6.18 Å². The molecule has 0 spiro atoms. The predicted molar refractivity (Wildman–Crippen MR) is 84.5 cm³/mol. The third kappa shape index (κ3) is 3.75. The van der Waals surface area contributed by atoms with Gasteiger partial charge in [-0.15, -0.1) is 0 Å². The van der Waals surface area contributed by atoms with E-state index in [1.807, 2.05) is 0 Å². The number of alkyl halides is 3. The molecule has 146 valence electrons. The largest absolute Gasteiger partial charge is 0.419 e. The number of hydrogen-bond donors (Lipinski definition) is 2. The highest BCUT2D eigenvalue weighted by Gasteiger charge is 2.35. The number of H-pyrrole nitrogens is 1. The first-order chi connectivity index (χ1) is 12.9. The minimum absolute atomic E-state index is 0.0192. The van der Waals surface area contributed by atoms with E-state index < -0.39 is 50.0 Å². The van der Waals surface area contributed by atoms with E-state index in [-0.39, 0.29) is 17.8 Å². The summed E-state index contributed by atoms with van der Waals surface area (Å²) in [5, 5.41) is 0. The minimum atomic E-state index is -5.32. The van der Waals surface area contributed by atoms with Crippen molar-refractivity contribution in [3.63, 3.8) is 0 Å². The van der Waals surface area contributed by atoms with Crippen molar-refractivity contribution in [3.05, 3.63) is 41.6 Å². The summed E-state index contributed by atoms with van der Waals surface area (Å²) < 4.78 is 99.4. The van der Waals surface area contributed by atoms with Crippen LogP contribution >= 0.6 is 0 Å². The normalized spacial score (nSPS) is 16.0. The van der Waals surface area contributed by atoms with Gasteiger partial charge in [-0.3, -0.25) is 14.4 Å². The van der Waals surface area contributed by atoms with Gasteiger partial charge in [0.2, 0.25) is 5.91 Å². The van der Waals surface area contributed by atoms with E-state index in [1.54, 1.807) is 4.72 Å². The van der Waals surface area contributed by atoms with Crippen molar-refractivity contribution >= 4 is 27.4 Å². The molecule has 0 radical (unpaired) electrons. The molecule has 2 N–H and O–H groups in total. The second kappa shape index (κ2) is 6.51. The first-order valence-electron chi connectivity index (χ1n) is 7.99. The Labute approximate surface area is 151 Å². The second-order valence-electron chi connectivity index (χ2n) is 5.69. The van der Waals surface area contributed by atoms with Crippen molar-refractivity contribution in [2.24, 2.45) is 0 Å². The van der Waals surface area contributed by atoms with Crippen LogP contribution in [0.15, 0.2) is 29.3 Å². The van der Waals surface area contributed by atoms with Crippen LogP contribution in [-0.4, -0.2) is 25.9 Å². The molecule has 0 saturated carbocycles. The number of rotatable bonds is 4. The molecule has 0 bridgehead atoms. The van der Waals surface area contributed by atoms with E-state index >= 15 is 0 Å². The highest BCUT2D eigenvalue weighted by atomic mass is 32.2. The summed E-state index contributed by atoms with van der Waals surface area (Å²) in [6, 6.07) is -0.723. The van der Waals surface area contributed by atoms with Gasteiger partial charge in [0, 0.05) is 31.3 Å². The average molecular weight is 410 g/mol. The lowest BCUT2D eigenvalue weighted by Crippen LogP contribution is -2.23. The molecule has 27 heavy (non-hydrogen) atoms. The summed E-state index contributed by atoms with van der Waals surface area (Å²) in [5.41, 5.74) is -3.28. The molecule has 2 heterocycles. The number of hydrogen-bond acceptors (Lipinski definition) is 3. The maximum atomic E-state index is 14.1. The molecule has 1 amide bonds. The molecule has 0 atom stereocenters. The van der Waals surface area contributed by atoms with Crippen LogP contribution in [0.3, 0.4) is 0 Å². The number of anilines is 2. The zero-order valence-corrected chi connectivity index (χ0v) is 14.1. The molecule has 1 aliphatic heterocycles. The Kier molecular flexibility index (Phi) is 4.29. The monoisotopic (exact) mass is 410 g/mol. The number of halogens is 5. The maximum Gasteiger partial charge on any atom is 0.419 e. The predicted octanol–water partition coefficient (Wildman–Crippen LogP) is 3.24. The van der Waals surface area contributed by atoms with Gasteiger partial charge in [-0.25, -0.2) is 17.2 Å². The lowest BCUT2D eigenvalue weighted by atomic mass is 10.2. The van der Waals surface area contributed by atoms with Gasteiger partial charge in [0.1, 0.15) is 22.3 Å². The van der Waals surface area contributed by atoms with E-state index in [4.69, 9.17) is 1.37 Å². The summed E-state index contributed by atoms with van der Waals surface area (Å²) >= 11 is 0. The third-order valence-electron chi connectivity index (χ3n) is 3.82. The Morgan fingerprint density at radius 2 is 1.93 bits per heavy atom. The standard InChI is InChI=1S/C15H12F5N3O3S/c16-10-6-12(11(17)5-9(10)15(18,19)20)22-27(25,26)8-4-13(21-7-8)23-3-1-2-14(23)24/h4-7,21-22H,1-3H2/i5D. The SMILES string of the molecule is [2H]c1c(F)c(NS(=O)(=O)c2c[nH]c(N3CCCC3=O)c2)cc(F)c1C(F)(F)F. The molecule has 2 aromatic rings. The zero-order chi connectivity index (χ0) is 20.9. The highest BCUT2D eigenvalue weighted by Crippen LogP contribution is 2.34. The van der Waals surface area contributed by atoms with Crippen molar-refractivity contribution in [1.82, 2.24) is 4.98 Å². The van der Waals surface area contributed by atoms with Gasteiger partial charge in [0.05, 0.1) is 12.6 Å². The molecule has 1 aromatic carbocycles. The van der Waals surface area contributed by atoms with E-state index in [1.165, 1.54) is 4.90 Å². The number of sulfonamides is 1. The lowest BCUT2D eigenvalue weighted by Gasteiger charge is -2.13. The maximum absolute atomic E-state index is 14.1. The fourth-order valence-electron chi connectivity index (χ4n) is 2.56. The molecule has 1 fully saturated rings. The van der Waals surface area contributed by atoms with E-state index in [0.29, 0.717) is 19.4 Å². The van der Waals surface area contributed by atoms with E-state index in [0.717, 1.165) is 12.3 Å². The molecule has 1 aromatic heterocycles. The zero-order valence-electron chi connectivity index (χ0n) is 14.3. The number of aromatic amines is 1. The fourth-order valence-corrected chi connectivity index (χ4v) is 3.60. The first-order valence-corrected chi connectivity index (χ1v) is 8.97. The number of aromatic nitrogens is 1. The number of benzene rings is 1. The molecule has 12 heteroatoms. The molecule has 1 aliphatic rings. The topological polar surface area (TPSA) is 82.3 Å². The fraction of sp³-hybridized carbons (Fsp3) is 0.267. The molecule has 3 rings (SSSR count). The van der Waals surface area contributed by atoms with Gasteiger partial charge < -0.3 is 4.98 Å². The van der Waals surface area contributed by atoms with Gasteiger partial charge in [-0.1, -0.05) is 0 Å². The average Bonchev–Trinajstić information content (AvgIpc) is 3.19. The summed E-state index contributed by atoms with van der Waals surface area (Å²) in [4.78, 5) is 15.1. The van der Waals surface area contributed by atoms with Crippen molar-refractivity contribution in [2.45, 2.75) is 23.9 Å². The van der Waals surface area contributed by atoms with Gasteiger partial charge in [-0.2, -0.15) is 13.2 Å². The lowest BCUT2D eigenvalue weighted by molar-refractivity contribution is -0.140. The quantitative estimate of drug-likeness (QED) is 0.760. The summed E-state index contributed by atoms with van der Waals surface area (Å²) in [6.07, 6.45) is -3.46. The Bertz CT molecular complexity index is 1050. The van der Waals surface area contributed by atoms with Crippen molar-refractivity contribution in [1.29, 1.82) is 0 Å². The molecular formula is C15H12F5N3O3S. The molecule has 1 saturated heterocycles.